The molecular formula is C20H17Cl2N3O5. The Balaban J connectivity index is 1.50. The number of amides is 1. The Kier molecular flexibility index (Phi) is 6.91. The van der Waals surface area contributed by atoms with E-state index in [2.05, 4.69) is 10.4 Å². The van der Waals surface area contributed by atoms with E-state index in [9.17, 15) is 19.2 Å². The van der Waals surface area contributed by atoms with Crippen molar-refractivity contribution < 1.29 is 14.3 Å². The third-order valence-electron chi connectivity index (χ3n) is 4.27. The SMILES string of the molecule is O=C(COC(=O)Cn1[nH]c(=O)c2ccccc2c1=O)NCCc1ccc(Cl)cc1Cl. The number of aromatic amines is 1. The number of hydrogen-bond donors (Lipinski definition) is 2. The Hall–Kier alpha value is -3.10. The summed E-state index contributed by atoms with van der Waals surface area (Å²) in [7, 11) is 0. The molecule has 0 aliphatic carbocycles. The van der Waals surface area contributed by atoms with Gasteiger partial charge < -0.3 is 10.1 Å². The van der Waals surface area contributed by atoms with Crippen molar-refractivity contribution in [1.29, 1.82) is 0 Å². The summed E-state index contributed by atoms with van der Waals surface area (Å²) in [5, 5.41) is 6.36. The molecular weight excluding hydrogens is 433 g/mol. The number of nitrogens with zero attached hydrogens (tertiary/aromatic N) is 1. The number of carbonyl (C=O) groups excluding carboxylic acids is 2. The molecule has 10 heteroatoms. The molecule has 0 fully saturated rings. The third kappa shape index (κ3) is 5.28. The molecule has 1 amide bonds. The maximum atomic E-state index is 12.4. The zero-order valence-electron chi connectivity index (χ0n) is 15.6. The van der Waals surface area contributed by atoms with E-state index in [-0.39, 0.29) is 17.3 Å². The number of ether oxygens (including phenoxy) is 1. The summed E-state index contributed by atoms with van der Waals surface area (Å²) in [4.78, 5) is 48.2. The molecule has 0 radical (unpaired) electrons. The van der Waals surface area contributed by atoms with Crippen molar-refractivity contribution in [3.05, 3.63) is 78.8 Å². The van der Waals surface area contributed by atoms with Crippen LogP contribution in [0.25, 0.3) is 10.8 Å². The zero-order chi connectivity index (χ0) is 21.7. The van der Waals surface area contributed by atoms with Gasteiger partial charge in [0.1, 0.15) is 6.54 Å². The molecule has 0 saturated carbocycles. The highest BCUT2D eigenvalue weighted by Gasteiger charge is 2.12. The largest absolute Gasteiger partial charge is 0.454 e. The Morgan fingerprint density at radius 2 is 1.80 bits per heavy atom. The summed E-state index contributed by atoms with van der Waals surface area (Å²) in [6.07, 6.45) is 0.476. The van der Waals surface area contributed by atoms with Crippen LogP contribution in [0.2, 0.25) is 10.0 Å². The van der Waals surface area contributed by atoms with Crippen LogP contribution < -0.4 is 16.4 Å². The van der Waals surface area contributed by atoms with Gasteiger partial charge in [-0.2, -0.15) is 0 Å². The number of H-pyrrole nitrogens is 1. The number of benzene rings is 2. The topological polar surface area (TPSA) is 110 Å². The minimum absolute atomic E-state index is 0.188. The van der Waals surface area contributed by atoms with E-state index in [4.69, 9.17) is 27.9 Å². The first-order valence-electron chi connectivity index (χ1n) is 8.93. The number of fused-ring (bicyclic) bond motifs is 1. The lowest BCUT2D eigenvalue weighted by Crippen LogP contribution is -2.35. The molecule has 2 N–H and O–H groups in total. The second-order valence-corrected chi connectivity index (χ2v) is 7.22. The van der Waals surface area contributed by atoms with Crippen LogP contribution in [0.3, 0.4) is 0 Å². The smallest absolute Gasteiger partial charge is 0.328 e. The molecule has 1 aromatic heterocycles. The van der Waals surface area contributed by atoms with Gasteiger partial charge in [-0.15, -0.1) is 0 Å². The standard InChI is InChI=1S/C20H17Cl2N3O5/c21-13-6-5-12(16(22)9-13)7-8-23-17(26)11-30-18(27)10-25-20(29)15-4-2-1-3-14(15)19(28)24-25/h1-6,9H,7-8,10-11H2,(H,23,26)(H,24,28). The Bertz CT molecular complexity index is 1220. The fourth-order valence-electron chi connectivity index (χ4n) is 2.79. The molecule has 1 heterocycles. The molecule has 3 aromatic rings. The van der Waals surface area contributed by atoms with Gasteiger partial charge in [0.05, 0.1) is 10.8 Å². The number of halogens is 2. The first-order valence-corrected chi connectivity index (χ1v) is 9.69. The van der Waals surface area contributed by atoms with E-state index >= 15 is 0 Å². The highest BCUT2D eigenvalue weighted by atomic mass is 35.5. The predicted octanol–water partition coefficient (Wildman–Crippen LogP) is 1.90. The second kappa shape index (κ2) is 9.60. The first-order chi connectivity index (χ1) is 14.3. The number of esters is 1. The van der Waals surface area contributed by atoms with E-state index < -0.39 is 36.1 Å². The van der Waals surface area contributed by atoms with E-state index in [0.29, 0.717) is 16.5 Å². The molecule has 0 aliphatic heterocycles. The molecule has 8 nitrogen and oxygen atoms in total. The number of rotatable bonds is 7. The monoisotopic (exact) mass is 449 g/mol. The lowest BCUT2D eigenvalue weighted by Gasteiger charge is -2.09. The lowest BCUT2D eigenvalue weighted by atomic mass is 10.1. The first kappa shape index (κ1) is 21.6. The average molecular weight is 450 g/mol. The molecule has 0 unspecified atom stereocenters. The van der Waals surface area contributed by atoms with Crippen molar-refractivity contribution >= 4 is 45.9 Å². The molecule has 3 rings (SSSR count). The molecule has 0 spiro atoms. The van der Waals surface area contributed by atoms with Gasteiger partial charge in [-0.1, -0.05) is 41.4 Å². The second-order valence-electron chi connectivity index (χ2n) is 6.37. The summed E-state index contributed by atoms with van der Waals surface area (Å²) in [6, 6.07) is 11.3. The molecule has 30 heavy (non-hydrogen) atoms. The van der Waals surface area contributed by atoms with Crippen LogP contribution >= 0.6 is 23.2 Å². The Labute approximate surface area is 180 Å². The molecule has 0 saturated heterocycles. The number of hydrogen-bond acceptors (Lipinski definition) is 5. The fourth-order valence-corrected chi connectivity index (χ4v) is 3.29. The van der Waals surface area contributed by atoms with Crippen molar-refractivity contribution in [3.8, 4) is 0 Å². The van der Waals surface area contributed by atoms with Crippen LogP contribution in [0.1, 0.15) is 5.56 Å². The van der Waals surface area contributed by atoms with Crippen molar-refractivity contribution in [1.82, 2.24) is 15.1 Å². The van der Waals surface area contributed by atoms with Crippen molar-refractivity contribution in [2.24, 2.45) is 0 Å². The van der Waals surface area contributed by atoms with Crippen molar-refractivity contribution in [2.75, 3.05) is 13.2 Å². The highest BCUT2D eigenvalue weighted by molar-refractivity contribution is 6.35. The summed E-state index contributed by atoms with van der Waals surface area (Å²) >= 11 is 11.9. The summed E-state index contributed by atoms with van der Waals surface area (Å²) in [6.45, 7) is -0.749. The van der Waals surface area contributed by atoms with E-state index in [0.717, 1.165) is 10.2 Å². The van der Waals surface area contributed by atoms with Crippen LogP contribution in [0, 0.1) is 0 Å². The van der Waals surface area contributed by atoms with Gasteiger partial charge in [-0.25, -0.2) is 4.68 Å². The van der Waals surface area contributed by atoms with Gasteiger partial charge >= 0.3 is 5.97 Å². The summed E-state index contributed by atoms with van der Waals surface area (Å²) < 4.78 is 5.74. The minimum atomic E-state index is -0.834. The van der Waals surface area contributed by atoms with Gasteiger partial charge in [0.15, 0.2) is 6.61 Å². The van der Waals surface area contributed by atoms with Gasteiger partial charge in [-0.05, 0) is 36.2 Å². The van der Waals surface area contributed by atoms with Crippen molar-refractivity contribution in [2.45, 2.75) is 13.0 Å². The number of carbonyl (C=O) groups is 2. The molecule has 0 bridgehead atoms. The Morgan fingerprint density at radius 3 is 2.53 bits per heavy atom. The molecule has 156 valence electrons. The number of nitrogens with one attached hydrogen (secondary N) is 2. The fraction of sp³-hybridized carbons (Fsp3) is 0.200. The van der Waals surface area contributed by atoms with E-state index in [1.807, 2.05) is 0 Å². The molecule has 0 aliphatic rings. The van der Waals surface area contributed by atoms with E-state index in [1.165, 1.54) is 12.1 Å². The summed E-state index contributed by atoms with van der Waals surface area (Å²) in [5.74, 6) is -1.34. The van der Waals surface area contributed by atoms with Crippen LogP contribution in [-0.4, -0.2) is 34.8 Å². The van der Waals surface area contributed by atoms with Gasteiger partial charge in [0, 0.05) is 16.6 Å². The highest BCUT2D eigenvalue weighted by Crippen LogP contribution is 2.21. The predicted molar refractivity (Wildman–Crippen MR) is 113 cm³/mol. The van der Waals surface area contributed by atoms with Crippen LogP contribution in [-0.2, 0) is 27.3 Å². The van der Waals surface area contributed by atoms with Crippen LogP contribution in [0.15, 0.2) is 52.1 Å². The summed E-state index contributed by atoms with van der Waals surface area (Å²) in [5.41, 5.74) is -0.221. The normalized spacial score (nSPS) is 10.7. The lowest BCUT2D eigenvalue weighted by molar-refractivity contribution is -0.149. The van der Waals surface area contributed by atoms with Gasteiger partial charge in [-0.3, -0.25) is 24.3 Å². The minimum Gasteiger partial charge on any atom is -0.454 e. The molecule has 0 atom stereocenters. The number of aromatic nitrogens is 2. The maximum Gasteiger partial charge on any atom is 0.328 e. The van der Waals surface area contributed by atoms with Gasteiger partial charge in [0.25, 0.3) is 17.0 Å². The average Bonchev–Trinajstić information content (AvgIpc) is 2.72. The molecule has 2 aromatic carbocycles. The third-order valence-corrected chi connectivity index (χ3v) is 4.85. The van der Waals surface area contributed by atoms with Crippen LogP contribution in [0.4, 0.5) is 0 Å². The zero-order valence-corrected chi connectivity index (χ0v) is 17.1. The quantitative estimate of drug-likeness (QED) is 0.535. The van der Waals surface area contributed by atoms with Gasteiger partial charge in [0.2, 0.25) is 0 Å². The van der Waals surface area contributed by atoms with E-state index in [1.54, 1.807) is 30.3 Å². The van der Waals surface area contributed by atoms with Crippen LogP contribution in [0.5, 0.6) is 0 Å². The van der Waals surface area contributed by atoms with Crippen molar-refractivity contribution in [3.63, 3.8) is 0 Å². The Morgan fingerprint density at radius 1 is 1.07 bits per heavy atom. The maximum absolute atomic E-state index is 12.4.